The highest BCUT2D eigenvalue weighted by Gasteiger charge is 2.31. The molecule has 0 bridgehead atoms. The molecule has 2 saturated carbocycles. The van der Waals surface area contributed by atoms with Gasteiger partial charge in [-0.1, -0.05) is 51.6 Å². The van der Waals surface area contributed by atoms with E-state index >= 15 is 0 Å². The average molecular weight is 380 g/mol. The van der Waals surface area contributed by atoms with Crippen LogP contribution in [0.2, 0.25) is 0 Å². The summed E-state index contributed by atoms with van der Waals surface area (Å²) < 4.78 is 0. The Balaban J connectivity index is 1.73. The van der Waals surface area contributed by atoms with Crippen LogP contribution in [0.1, 0.15) is 64.7 Å². The van der Waals surface area contributed by atoms with Crippen molar-refractivity contribution in [3.05, 3.63) is 0 Å². The van der Waals surface area contributed by atoms with Crippen molar-refractivity contribution in [1.29, 1.82) is 0 Å². The summed E-state index contributed by atoms with van der Waals surface area (Å²) in [5, 5.41) is 1.14. The molecule has 0 aromatic rings. The first kappa shape index (κ1) is 15.4. The van der Waals surface area contributed by atoms with Crippen LogP contribution in [0.5, 0.6) is 0 Å². The van der Waals surface area contributed by atoms with E-state index in [4.69, 9.17) is 0 Å². The van der Waals surface area contributed by atoms with Crippen molar-refractivity contribution in [2.75, 3.05) is 5.33 Å². The highest BCUT2D eigenvalue weighted by molar-refractivity contribution is 9.10. The van der Waals surface area contributed by atoms with Crippen LogP contribution in [0, 0.1) is 23.7 Å². The van der Waals surface area contributed by atoms with E-state index in [1.165, 1.54) is 57.8 Å². The molecule has 0 nitrogen and oxygen atoms in total. The topological polar surface area (TPSA) is 0 Å². The third-order valence-electron chi connectivity index (χ3n) is 5.44. The number of hydrogen-bond acceptors (Lipinski definition) is 0. The predicted octanol–water partition coefficient (Wildman–Crippen LogP) is 6.17. The van der Waals surface area contributed by atoms with Gasteiger partial charge in [-0.2, -0.15) is 0 Å². The van der Waals surface area contributed by atoms with Crippen LogP contribution in [0.4, 0.5) is 0 Å². The maximum Gasteiger partial charge on any atom is 0.0182 e. The van der Waals surface area contributed by atoms with Crippen molar-refractivity contribution in [2.24, 2.45) is 23.7 Å². The summed E-state index contributed by atoms with van der Waals surface area (Å²) >= 11 is 7.46. The van der Waals surface area contributed by atoms with Gasteiger partial charge in [0.05, 0.1) is 0 Å². The van der Waals surface area contributed by atoms with Crippen molar-refractivity contribution in [3.8, 4) is 0 Å². The van der Waals surface area contributed by atoms with E-state index in [1.807, 2.05) is 0 Å². The second-order valence-corrected chi connectivity index (χ2v) is 8.66. The van der Waals surface area contributed by atoms with E-state index in [0.29, 0.717) is 0 Å². The molecular formula is C16H28Br2. The first-order valence-corrected chi connectivity index (χ1v) is 9.94. The van der Waals surface area contributed by atoms with Crippen LogP contribution < -0.4 is 0 Å². The molecule has 0 radical (unpaired) electrons. The van der Waals surface area contributed by atoms with Crippen molar-refractivity contribution in [3.63, 3.8) is 0 Å². The second-order valence-electron chi connectivity index (χ2n) is 6.69. The van der Waals surface area contributed by atoms with Crippen LogP contribution in [-0.2, 0) is 0 Å². The SMILES string of the molecule is CC1CCC(C2CCC(C(Br)CCBr)CC2)CC1. The van der Waals surface area contributed by atoms with Gasteiger partial charge in [0.1, 0.15) is 0 Å². The molecule has 0 aromatic heterocycles. The van der Waals surface area contributed by atoms with Gasteiger partial charge in [0, 0.05) is 10.2 Å². The molecule has 0 amide bonds. The Hall–Kier alpha value is 0.960. The highest BCUT2D eigenvalue weighted by atomic mass is 79.9. The summed E-state index contributed by atoms with van der Waals surface area (Å²) in [4.78, 5) is 0.754. The second kappa shape index (κ2) is 7.67. The van der Waals surface area contributed by atoms with Gasteiger partial charge in [0.15, 0.2) is 0 Å². The van der Waals surface area contributed by atoms with Crippen LogP contribution in [0.3, 0.4) is 0 Å². The smallest absolute Gasteiger partial charge is 0.0182 e. The first-order valence-electron chi connectivity index (χ1n) is 7.90. The Bertz CT molecular complexity index is 225. The average Bonchev–Trinajstić information content (AvgIpc) is 2.40. The molecule has 0 spiro atoms. The van der Waals surface area contributed by atoms with Crippen LogP contribution in [0.15, 0.2) is 0 Å². The minimum absolute atomic E-state index is 0.754. The molecule has 0 heterocycles. The first-order chi connectivity index (χ1) is 8.70. The molecule has 1 atom stereocenters. The minimum atomic E-state index is 0.754. The lowest BCUT2D eigenvalue weighted by Gasteiger charge is -2.38. The summed E-state index contributed by atoms with van der Waals surface area (Å²) in [6, 6.07) is 0. The van der Waals surface area contributed by atoms with Gasteiger partial charge in [-0.3, -0.25) is 0 Å². The molecule has 0 saturated heterocycles. The number of hydrogen-bond donors (Lipinski definition) is 0. The lowest BCUT2D eigenvalue weighted by Crippen LogP contribution is -2.28. The van der Waals surface area contributed by atoms with Gasteiger partial charge < -0.3 is 0 Å². The fourth-order valence-electron chi connectivity index (χ4n) is 4.08. The lowest BCUT2D eigenvalue weighted by atomic mass is 9.69. The van der Waals surface area contributed by atoms with E-state index in [1.54, 1.807) is 0 Å². The monoisotopic (exact) mass is 378 g/mol. The molecule has 18 heavy (non-hydrogen) atoms. The normalized spacial score (nSPS) is 39.5. The van der Waals surface area contributed by atoms with Crippen LogP contribution in [-0.4, -0.2) is 10.2 Å². The number of alkyl halides is 2. The van der Waals surface area contributed by atoms with Gasteiger partial charge in [0.25, 0.3) is 0 Å². The van der Waals surface area contributed by atoms with Gasteiger partial charge in [-0.25, -0.2) is 0 Å². The fraction of sp³-hybridized carbons (Fsp3) is 1.00. The van der Waals surface area contributed by atoms with Crippen molar-refractivity contribution in [1.82, 2.24) is 0 Å². The van der Waals surface area contributed by atoms with Crippen LogP contribution >= 0.6 is 31.9 Å². The standard InChI is InChI=1S/C16H28Br2/c1-12-2-4-13(5-3-12)14-6-8-15(9-7-14)16(18)10-11-17/h12-16H,2-11H2,1H3. The zero-order chi connectivity index (χ0) is 13.0. The molecule has 0 aromatic carbocycles. The summed E-state index contributed by atoms with van der Waals surface area (Å²) in [6.45, 7) is 2.43. The Kier molecular flexibility index (Phi) is 6.54. The summed E-state index contributed by atoms with van der Waals surface area (Å²) in [6.07, 6.45) is 13.3. The van der Waals surface area contributed by atoms with E-state index in [0.717, 1.165) is 33.8 Å². The van der Waals surface area contributed by atoms with E-state index in [9.17, 15) is 0 Å². The van der Waals surface area contributed by atoms with Crippen molar-refractivity contribution >= 4 is 31.9 Å². The Labute approximate surface area is 130 Å². The summed E-state index contributed by atoms with van der Waals surface area (Å²) in [5.74, 6) is 4.09. The molecule has 2 rings (SSSR count). The van der Waals surface area contributed by atoms with Gasteiger partial charge in [-0.15, -0.1) is 0 Å². The molecule has 0 N–H and O–H groups in total. The third kappa shape index (κ3) is 4.23. The van der Waals surface area contributed by atoms with E-state index in [-0.39, 0.29) is 0 Å². The van der Waals surface area contributed by atoms with Gasteiger partial charge in [-0.05, 0) is 68.6 Å². The van der Waals surface area contributed by atoms with Crippen molar-refractivity contribution in [2.45, 2.75) is 69.5 Å². The maximum absolute atomic E-state index is 3.89. The lowest BCUT2D eigenvalue weighted by molar-refractivity contribution is 0.149. The summed E-state index contributed by atoms with van der Waals surface area (Å²) in [5.41, 5.74) is 0. The van der Waals surface area contributed by atoms with Crippen LogP contribution in [0.25, 0.3) is 0 Å². The third-order valence-corrected chi connectivity index (χ3v) is 7.10. The van der Waals surface area contributed by atoms with E-state index < -0.39 is 0 Å². The molecule has 0 aliphatic heterocycles. The molecule has 1 unspecified atom stereocenters. The molecule has 2 fully saturated rings. The fourth-order valence-corrected chi connectivity index (χ4v) is 5.94. The minimum Gasteiger partial charge on any atom is -0.0928 e. The summed E-state index contributed by atoms with van der Waals surface area (Å²) in [7, 11) is 0. The Morgan fingerprint density at radius 1 is 0.889 bits per heavy atom. The zero-order valence-corrected chi connectivity index (χ0v) is 14.9. The van der Waals surface area contributed by atoms with E-state index in [2.05, 4.69) is 38.8 Å². The quantitative estimate of drug-likeness (QED) is 0.512. The zero-order valence-electron chi connectivity index (χ0n) is 11.7. The highest BCUT2D eigenvalue weighted by Crippen LogP contribution is 2.43. The van der Waals surface area contributed by atoms with Crippen molar-refractivity contribution < 1.29 is 0 Å². The molecule has 106 valence electrons. The molecule has 2 aliphatic carbocycles. The Morgan fingerprint density at radius 3 is 1.89 bits per heavy atom. The molecular weight excluding hydrogens is 352 g/mol. The Morgan fingerprint density at radius 2 is 1.39 bits per heavy atom. The molecule has 2 aliphatic rings. The van der Waals surface area contributed by atoms with Gasteiger partial charge in [0.2, 0.25) is 0 Å². The largest absolute Gasteiger partial charge is 0.0928 e. The van der Waals surface area contributed by atoms with Gasteiger partial charge >= 0.3 is 0 Å². The predicted molar refractivity (Wildman–Crippen MR) is 87.7 cm³/mol. The maximum atomic E-state index is 3.89. The molecule has 2 heteroatoms. The number of rotatable bonds is 4. The number of halogens is 2.